The van der Waals surface area contributed by atoms with Gasteiger partial charge >= 0.3 is 0 Å². The van der Waals surface area contributed by atoms with Gasteiger partial charge in [0, 0.05) is 19.2 Å². The molecule has 1 aromatic heterocycles. The van der Waals surface area contributed by atoms with Gasteiger partial charge < -0.3 is 19.3 Å². The Kier molecular flexibility index (Phi) is 5.36. The van der Waals surface area contributed by atoms with Crippen LogP contribution in [0.3, 0.4) is 0 Å². The minimum Gasteiger partial charge on any atom is -0.487 e. The number of methoxy groups -OCH3 is 1. The van der Waals surface area contributed by atoms with Crippen LogP contribution in [0.4, 0.5) is 0 Å². The summed E-state index contributed by atoms with van der Waals surface area (Å²) in [4.78, 5) is 0. The predicted octanol–water partition coefficient (Wildman–Crippen LogP) is 2.99. The zero-order valence-electron chi connectivity index (χ0n) is 13.0. The summed E-state index contributed by atoms with van der Waals surface area (Å²) < 4.78 is 15.9. The molecule has 5 nitrogen and oxygen atoms in total. The summed E-state index contributed by atoms with van der Waals surface area (Å²) in [5.41, 5.74) is 3.11. The highest BCUT2D eigenvalue weighted by molar-refractivity contribution is 5.37. The van der Waals surface area contributed by atoms with Gasteiger partial charge in [0.2, 0.25) is 0 Å². The topological polar surface area (TPSA) is 56.5 Å². The lowest BCUT2D eigenvalue weighted by molar-refractivity contribution is 0.155. The van der Waals surface area contributed by atoms with E-state index < -0.39 is 0 Å². The molecule has 1 atom stereocenters. The summed E-state index contributed by atoms with van der Waals surface area (Å²) in [5.74, 6) is 1.56. The fraction of sp³-hybridized carbons (Fsp3) is 0.438. The van der Waals surface area contributed by atoms with Crippen molar-refractivity contribution in [2.24, 2.45) is 0 Å². The van der Waals surface area contributed by atoms with Crippen molar-refractivity contribution in [2.45, 2.75) is 33.1 Å². The zero-order valence-corrected chi connectivity index (χ0v) is 13.0. The second-order valence-electron chi connectivity index (χ2n) is 5.04. The first-order chi connectivity index (χ1) is 10.1. The molecular formula is C16H22N2O3. The standard InChI is InChI=1S/C16H22N2O3/c1-11-7-13(12(2)17-3)5-6-16(11)20-9-14-8-15(10-19-4)21-18-14/h5-8,12,17H,9-10H2,1-4H3. The van der Waals surface area contributed by atoms with Crippen molar-refractivity contribution in [3.8, 4) is 5.75 Å². The van der Waals surface area contributed by atoms with E-state index in [0.717, 1.165) is 17.0 Å². The van der Waals surface area contributed by atoms with Crippen molar-refractivity contribution in [1.29, 1.82) is 0 Å². The lowest BCUT2D eigenvalue weighted by atomic mass is 10.1. The van der Waals surface area contributed by atoms with Crippen molar-refractivity contribution >= 4 is 0 Å². The minimum absolute atomic E-state index is 0.324. The van der Waals surface area contributed by atoms with Gasteiger partial charge in [-0.15, -0.1) is 0 Å². The van der Waals surface area contributed by atoms with E-state index in [0.29, 0.717) is 25.0 Å². The van der Waals surface area contributed by atoms with Crippen LogP contribution in [0, 0.1) is 6.92 Å². The Hall–Kier alpha value is -1.85. The van der Waals surface area contributed by atoms with Gasteiger partial charge in [-0.2, -0.15) is 0 Å². The molecule has 0 fully saturated rings. The first-order valence-electron chi connectivity index (χ1n) is 6.98. The Bertz CT molecular complexity index is 581. The molecule has 0 aliphatic rings. The number of benzene rings is 1. The summed E-state index contributed by atoms with van der Waals surface area (Å²) in [6.07, 6.45) is 0. The molecule has 0 bridgehead atoms. The van der Waals surface area contributed by atoms with Crippen molar-refractivity contribution in [3.63, 3.8) is 0 Å². The average molecular weight is 290 g/mol. The van der Waals surface area contributed by atoms with E-state index in [9.17, 15) is 0 Å². The van der Waals surface area contributed by atoms with Gasteiger partial charge in [0.25, 0.3) is 0 Å². The second kappa shape index (κ2) is 7.24. The van der Waals surface area contributed by atoms with Crippen LogP contribution in [0.1, 0.15) is 35.5 Å². The van der Waals surface area contributed by atoms with Crippen molar-refractivity contribution in [3.05, 3.63) is 46.8 Å². The number of nitrogens with one attached hydrogen (secondary N) is 1. The number of rotatable bonds is 7. The molecule has 0 aliphatic carbocycles. The lowest BCUT2D eigenvalue weighted by Gasteiger charge is -2.14. The highest BCUT2D eigenvalue weighted by atomic mass is 16.5. The smallest absolute Gasteiger partial charge is 0.162 e. The molecular weight excluding hydrogens is 268 g/mol. The molecule has 21 heavy (non-hydrogen) atoms. The molecule has 0 radical (unpaired) electrons. The third-order valence-electron chi connectivity index (χ3n) is 3.40. The first kappa shape index (κ1) is 15.5. The first-order valence-corrected chi connectivity index (χ1v) is 6.98. The van der Waals surface area contributed by atoms with E-state index in [2.05, 4.69) is 29.5 Å². The number of hydrogen-bond donors (Lipinski definition) is 1. The zero-order chi connectivity index (χ0) is 15.2. The third kappa shape index (κ3) is 4.06. The van der Waals surface area contributed by atoms with Gasteiger partial charge in [-0.05, 0) is 38.1 Å². The minimum atomic E-state index is 0.324. The van der Waals surface area contributed by atoms with Gasteiger partial charge in [-0.1, -0.05) is 17.3 Å². The third-order valence-corrected chi connectivity index (χ3v) is 3.40. The van der Waals surface area contributed by atoms with Crippen LogP contribution in [-0.2, 0) is 18.0 Å². The second-order valence-corrected chi connectivity index (χ2v) is 5.04. The highest BCUT2D eigenvalue weighted by Gasteiger charge is 2.08. The SMILES string of the molecule is CNC(C)c1ccc(OCc2cc(COC)on2)c(C)c1. The molecule has 2 rings (SSSR count). The van der Waals surface area contributed by atoms with Gasteiger partial charge in [0.15, 0.2) is 5.76 Å². The monoisotopic (exact) mass is 290 g/mol. The van der Waals surface area contributed by atoms with Crippen LogP contribution in [0.5, 0.6) is 5.75 Å². The maximum absolute atomic E-state index is 5.80. The molecule has 0 saturated heterocycles. The lowest BCUT2D eigenvalue weighted by Crippen LogP contribution is -2.12. The number of nitrogens with zero attached hydrogens (tertiary/aromatic N) is 1. The molecule has 2 aromatic rings. The molecule has 1 N–H and O–H groups in total. The van der Waals surface area contributed by atoms with Gasteiger partial charge in [0.1, 0.15) is 24.7 Å². The molecule has 0 amide bonds. The van der Waals surface area contributed by atoms with Crippen molar-refractivity contribution < 1.29 is 14.0 Å². The molecule has 114 valence electrons. The molecule has 1 aromatic carbocycles. The Balaban J connectivity index is 1.99. The normalized spacial score (nSPS) is 12.4. The van der Waals surface area contributed by atoms with Gasteiger partial charge in [-0.25, -0.2) is 0 Å². The number of aryl methyl sites for hydroxylation is 1. The van der Waals surface area contributed by atoms with Crippen LogP contribution in [0.25, 0.3) is 0 Å². The van der Waals surface area contributed by atoms with E-state index >= 15 is 0 Å². The summed E-state index contributed by atoms with van der Waals surface area (Å²) in [6, 6.07) is 8.37. The molecule has 0 aliphatic heterocycles. The van der Waals surface area contributed by atoms with E-state index in [1.807, 2.05) is 26.1 Å². The largest absolute Gasteiger partial charge is 0.487 e. The summed E-state index contributed by atoms with van der Waals surface area (Å²) in [5, 5.41) is 7.17. The van der Waals surface area contributed by atoms with E-state index in [1.54, 1.807) is 7.11 Å². The number of aromatic nitrogens is 1. The Morgan fingerprint density at radius 2 is 2.10 bits per heavy atom. The molecule has 5 heteroatoms. The quantitative estimate of drug-likeness (QED) is 0.849. The van der Waals surface area contributed by atoms with Crippen LogP contribution in [0.2, 0.25) is 0 Å². The Morgan fingerprint density at radius 3 is 2.76 bits per heavy atom. The average Bonchev–Trinajstić information content (AvgIpc) is 2.93. The molecule has 0 spiro atoms. The highest BCUT2D eigenvalue weighted by Crippen LogP contribution is 2.23. The molecule has 0 saturated carbocycles. The van der Waals surface area contributed by atoms with Crippen LogP contribution in [-0.4, -0.2) is 19.3 Å². The van der Waals surface area contributed by atoms with Crippen molar-refractivity contribution in [1.82, 2.24) is 10.5 Å². The van der Waals surface area contributed by atoms with E-state index in [-0.39, 0.29) is 0 Å². The van der Waals surface area contributed by atoms with Crippen LogP contribution >= 0.6 is 0 Å². The Morgan fingerprint density at radius 1 is 1.29 bits per heavy atom. The molecule has 1 heterocycles. The van der Waals surface area contributed by atoms with Crippen LogP contribution < -0.4 is 10.1 Å². The summed E-state index contributed by atoms with van der Waals surface area (Å²) in [6.45, 7) is 4.97. The maximum atomic E-state index is 5.80. The van der Waals surface area contributed by atoms with E-state index in [1.165, 1.54) is 5.56 Å². The number of ether oxygens (including phenoxy) is 2. The van der Waals surface area contributed by atoms with E-state index in [4.69, 9.17) is 14.0 Å². The maximum Gasteiger partial charge on any atom is 0.162 e. The fourth-order valence-corrected chi connectivity index (χ4v) is 2.06. The van der Waals surface area contributed by atoms with Crippen molar-refractivity contribution in [2.75, 3.05) is 14.2 Å². The van der Waals surface area contributed by atoms with Gasteiger partial charge in [0.05, 0.1) is 0 Å². The fourth-order valence-electron chi connectivity index (χ4n) is 2.06. The Labute approximate surface area is 125 Å². The summed E-state index contributed by atoms with van der Waals surface area (Å²) >= 11 is 0. The predicted molar refractivity (Wildman–Crippen MR) is 80.2 cm³/mol. The molecule has 1 unspecified atom stereocenters. The van der Waals surface area contributed by atoms with Gasteiger partial charge in [-0.3, -0.25) is 0 Å². The number of hydrogen-bond acceptors (Lipinski definition) is 5. The van der Waals surface area contributed by atoms with Crippen LogP contribution in [0.15, 0.2) is 28.8 Å². The summed E-state index contributed by atoms with van der Waals surface area (Å²) in [7, 11) is 3.57.